The lowest BCUT2D eigenvalue weighted by Crippen LogP contribution is -2.05. The lowest BCUT2D eigenvalue weighted by Gasteiger charge is -2.12. The molecular weight excluding hydrogens is 148 g/mol. The number of aliphatic hydroxyl groups excluding tert-OH is 1. The summed E-state index contributed by atoms with van der Waals surface area (Å²) in [5.74, 6) is 0.580. The Morgan fingerprint density at radius 2 is 1.50 bits per heavy atom. The molecule has 74 valence electrons. The van der Waals surface area contributed by atoms with E-state index in [2.05, 4.69) is 13.8 Å². The monoisotopic (exact) mass is 172 g/mol. The molecule has 0 spiro atoms. The van der Waals surface area contributed by atoms with Gasteiger partial charge in [-0.05, 0) is 18.8 Å². The Balaban J connectivity index is 3.26. The van der Waals surface area contributed by atoms with Crippen molar-refractivity contribution in [1.29, 1.82) is 0 Å². The summed E-state index contributed by atoms with van der Waals surface area (Å²) in [5.41, 5.74) is 0. The van der Waals surface area contributed by atoms with Crippen molar-refractivity contribution in [2.24, 2.45) is 5.92 Å². The molecule has 0 aromatic carbocycles. The molecular formula is C11H24O. The molecule has 12 heavy (non-hydrogen) atoms. The molecule has 0 saturated carbocycles. The van der Waals surface area contributed by atoms with Crippen LogP contribution in [0.1, 0.15) is 58.8 Å². The molecule has 0 unspecified atom stereocenters. The summed E-state index contributed by atoms with van der Waals surface area (Å²) in [5, 5.41) is 9.05. The van der Waals surface area contributed by atoms with Crippen LogP contribution in [-0.4, -0.2) is 11.7 Å². The van der Waals surface area contributed by atoms with Gasteiger partial charge in [0, 0.05) is 6.61 Å². The topological polar surface area (TPSA) is 20.2 Å². The molecule has 0 aromatic rings. The first-order valence-corrected chi connectivity index (χ1v) is 5.46. The zero-order valence-corrected chi connectivity index (χ0v) is 8.68. The smallest absolute Gasteiger partial charge is 0.0459 e. The van der Waals surface area contributed by atoms with Crippen molar-refractivity contribution in [2.45, 2.75) is 58.8 Å². The third-order valence-corrected chi connectivity index (χ3v) is 2.44. The van der Waals surface area contributed by atoms with Gasteiger partial charge in [0.05, 0.1) is 0 Å². The summed E-state index contributed by atoms with van der Waals surface area (Å²) < 4.78 is 0. The molecule has 1 nitrogen and oxygen atoms in total. The van der Waals surface area contributed by atoms with Crippen LogP contribution in [0.15, 0.2) is 0 Å². The molecule has 0 bridgehead atoms. The molecule has 0 amide bonds. The van der Waals surface area contributed by atoms with Gasteiger partial charge in [-0.1, -0.05) is 46.0 Å². The van der Waals surface area contributed by atoms with E-state index in [0.717, 1.165) is 0 Å². The SMILES string of the molecule is CCCCC[C@@H](CO)CCCC. The molecule has 0 saturated heterocycles. The van der Waals surface area contributed by atoms with E-state index in [1.54, 1.807) is 0 Å². The third kappa shape index (κ3) is 6.66. The van der Waals surface area contributed by atoms with Gasteiger partial charge < -0.3 is 5.11 Å². The van der Waals surface area contributed by atoms with Gasteiger partial charge in [0.15, 0.2) is 0 Å². The maximum absolute atomic E-state index is 9.05. The molecule has 0 rings (SSSR count). The normalized spacial score (nSPS) is 13.2. The molecule has 0 aliphatic rings. The Hall–Kier alpha value is -0.0400. The molecule has 1 heteroatoms. The first kappa shape index (κ1) is 12.0. The summed E-state index contributed by atoms with van der Waals surface area (Å²) >= 11 is 0. The first-order valence-electron chi connectivity index (χ1n) is 5.46. The predicted molar refractivity (Wildman–Crippen MR) is 54.2 cm³/mol. The van der Waals surface area contributed by atoms with Crippen LogP contribution in [0.25, 0.3) is 0 Å². The van der Waals surface area contributed by atoms with Gasteiger partial charge in [-0.15, -0.1) is 0 Å². The highest BCUT2D eigenvalue weighted by Gasteiger charge is 2.05. The maximum Gasteiger partial charge on any atom is 0.0459 e. The van der Waals surface area contributed by atoms with Gasteiger partial charge in [-0.2, -0.15) is 0 Å². The Kier molecular flexibility index (Phi) is 9.02. The quantitative estimate of drug-likeness (QED) is 0.557. The van der Waals surface area contributed by atoms with E-state index in [9.17, 15) is 0 Å². The number of rotatable bonds is 8. The highest BCUT2D eigenvalue weighted by atomic mass is 16.3. The molecule has 0 aliphatic carbocycles. The Morgan fingerprint density at radius 1 is 0.917 bits per heavy atom. The van der Waals surface area contributed by atoms with E-state index < -0.39 is 0 Å². The van der Waals surface area contributed by atoms with Crippen molar-refractivity contribution in [1.82, 2.24) is 0 Å². The van der Waals surface area contributed by atoms with Gasteiger partial charge in [0.1, 0.15) is 0 Å². The molecule has 0 heterocycles. The van der Waals surface area contributed by atoms with Gasteiger partial charge in [0.2, 0.25) is 0 Å². The minimum absolute atomic E-state index is 0.393. The fourth-order valence-electron chi connectivity index (χ4n) is 1.50. The maximum atomic E-state index is 9.05. The standard InChI is InChI=1S/C11H24O/c1-3-5-7-9-11(10-12)8-6-4-2/h11-12H,3-10H2,1-2H3/t11-/m0/s1. The Bertz CT molecular complexity index is 81.1. The van der Waals surface area contributed by atoms with Crippen molar-refractivity contribution < 1.29 is 5.11 Å². The van der Waals surface area contributed by atoms with Crippen molar-refractivity contribution in [2.75, 3.05) is 6.61 Å². The average molecular weight is 172 g/mol. The number of hydrogen-bond donors (Lipinski definition) is 1. The van der Waals surface area contributed by atoms with E-state index in [-0.39, 0.29) is 0 Å². The second-order valence-electron chi connectivity index (χ2n) is 3.69. The van der Waals surface area contributed by atoms with Crippen LogP contribution >= 0.6 is 0 Å². The van der Waals surface area contributed by atoms with E-state index in [0.29, 0.717) is 12.5 Å². The minimum Gasteiger partial charge on any atom is -0.396 e. The number of unbranched alkanes of at least 4 members (excludes halogenated alkanes) is 3. The summed E-state index contributed by atoms with van der Waals surface area (Å²) in [6, 6.07) is 0. The van der Waals surface area contributed by atoms with Crippen LogP contribution in [0.2, 0.25) is 0 Å². The van der Waals surface area contributed by atoms with Crippen LogP contribution < -0.4 is 0 Å². The van der Waals surface area contributed by atoms with Crippen LogP contribution in [0.3, 0.4) is 0 Å². The second-order valence-corrected chi connectivity index (χ2v) is 3.69. The number of aliphatic hydroxyl groups is 1. The molecule has 0 fully saturated rings. The highest BCUT2D eigenvalue weighted by molar-refractivity contribution is 4.57. The molecule has 1 atom stereocenters. The summed E-state index contributed by atoms with van der Waals surface area (Å²) in [6.45, 7) is 4.82. The van der Waals surface area contributed by atoms with Gasteiger partial charge >= 0.3 is 0 Å². The van der Waals surface area contributed by atoms with Crippen LogP contribution in [0.5, 0.6) is 0 Å². The average Bonchev–Trinajstić information content (AvgIpc) is 2.11. The van der Waals surface area contributed by atoms with Crippen molar-refractivity contribution in [3.05, 3.63) is 0 Å². The fraction of sp³-hybridized carbons (Fsp3) is 1.00. The zero-order chi connectivity index (χ0) is 9.23. The van der Waals surface area contributed by atoms with E-state index in [1.165, 1.54) is 44.9 Å². The van der Waals surface area contributed by atoms with Crippen molar-refractivity contribution in [3.63, 3.8) is 0 Å². The van der Waals surface area contributed by atoms with Crippen LogP contribution in [0, 0.1) is 5.92 Å². The second kappa shape index (κ2) is 9.05. The molecule has 0 aromatic heterocycles. The van der Waals surface area contributed by atoms with E-state index in [4.69, 9.17) is 5.11 Å². The molecule has 1 N–H and O–H groups in total. The first-order chi connectivity index (χ1) is 5.85. The Morgan fingerprint density at radius 3 is 2.00 bits per heavy atom. The van der Waals surface area contributed by atoms with Crippen molar-refractivity contribution >= 4 is 0 Å². The Labute approximate surface area is 77.2 Å². The minimum atomic E-state index is 0.393. The van der Waals surface area contributed by atoms with E-state index in [1.807, 2.05) is 0 Å². The summed E-state index contributed by atoms with van der Waals surface area (Å²) in [7, 11) is 0. The summed E-state index contributed by atoms with van der Waals surface area (Å²) in [4.78, 5) is 0. The fourth-order valence-corrected chi connectivity index (χ4v) is 1.50. The highest BCUT2D eigenvalue weighted by Crippen LogP contribution is 2.15. The number of hydrogen-bond acceptors (Lipinski definition) is 1. The lowest BCUT2D eigenvalue weighted by molar-refractivity contribution is 0.205. The zero-order valence-electron chi connectivity index (χ0n) is 8.68. The van der Waals surface area contributed by atoms with Gasteiger partial charge in [-0.3, -0.25) is 0 Å². The predicted octanol–water partition coefficient (Wildman–Crippen LogP) is 3.37. The third-order valence-electron chi connectivity index (χ3n) is 2.44. The lowest BCUT2D eigenvalue weighted by atomic mass is 9.96. The molecule has 0 aliphatic heterocycles. The van der Waals surface area contributed by atoms with E-state index >= 15 is 0 Å². The largest absolute Gasteiger partial charge is 0.396 e. The van der Waals surface area contributed by atoms with Gasteiger partial charge in [-0.25, -0.2) is 0 Å². The molecule has 0 radical (unpaired) electrons. The van der Waals surface area contributed by atoms with Crippen molar-refractivity contribution in [3.8, 4) is 0 Å². The van der Waals surface area contributed by atoms with Crippen LogP contribution in [-0.2, 0) is 0 Å². The summed E-state index contributed by atoms with van der Waals surface area (Å²) in [6.07, 6.45) is 8.88. The van der Waals surface area contributed by atoms with Gasteiger partial charge in [0.25, 0.3) is 0 Å². The van der Waals surface area contributed by atoms with Crippen LogP contribution in [0.4, 0.5) is 0 Å².